The van der Waals surface area contributed by atoms with Crippen LogP contribution in [-0.2, 0) is 6.54 Å². The van der Waals surface area contributed by atoms with Crippen molar-refractivity contribution in [2.45, 2.75) is 45.2 Å². The zero-order chi connectivity index (χ0) is 21.5. The first-order valence-corrected chi connectivity index (χ1v) is 11.3. The highest BCUT2D eigenvalue weighted by Gasteiger charge is 2.38. The van der Waals surface area contributed by atoms with Gasteiger partial charge in [0.05, 0.1) is 12.7 Å². The Bertz CT molecular complexity index is 1100. The topological polar surface area (TPSA) is 65.6 Å². The third kappa shape index (κ3) is 3.83. The molecule has 5 heteroatoms. The van der Waals surface area contributed by atoms with E-state index >= 15 is 0 Å². The third-order valence-corrected chi connectivity index (χ3v) is 7.28. The Balaban J connectivity index is 1.49. The van der Waals surface area contributed by atoms with Gasteiger partial charge in [0.25, 0.3) is 0 Å². The number of carboxylic acids is 1. The van der Waals surface area contributed by atoms with Crippen LogP contribution in [0.5, 0.6) is 5.75 Å². The summed E-state index contributed by atoms with van der Waals surface area (Å²) in [6.45, 7) is 3.98. The maximum Gasteiger partial charge on any atom is 0.335 e. The second kappa shape index (κ2) is 8.04. The van der Waals surface area contributed by atoms with E-state index in [0.717, 1.165) is 37.1 Å². The predicted molar refractivity (Wildman–Crippen MR) is 122 cm³/mol. The lowest BCUT2D eigenvalue weighted by Gasteiger charge is -2.40. The van der Waals surface area contributed by atoms with E-state index in [4.69, 9.17) is 4.74 Å². The number of carbonyl (C=O) groups is 1. The zero-order valence-corrected chi connectivity index (χ0v) is 18.2. The molecule has 3 aromatic rings. The van der Waals surface area contributed by atoms with Crippen LogP contribution in [0, 0.1) is 18.8 Å². The Kier molecular flexibility index (Phi) is 5.22. The van der Waals surface area contributed by atoms with Crippen LogP contribution < -0.4 is 4.74 Å². The van der Waals surface area contributed by atoms with Gasteiger partial charge in [-0.1, -0.05) is 12.1 Å². The van der Waals surface area contributed by atoms with Gasteiger partial charge in [0, 0.05) is 35.2 Å². The molecule has 2 atom stereocenters. The van der Waals surface area contributed by atoms with Gasteiger partial charge in [-0.2, -0.15) is 0 Å². The van der Waals surface area contributed by atoms with Crippen LogP contribution in [0.25, 0.3) is 10.9 Å². The fraction of sp³-hybridized carbons (Fsp3) is 0.423. The van der Waals surface area contributed by atoms with Gasteiger partial charge in [-0.3, -0.25) is 4.90 Å². The molecule has 0 spiro atoms. The number of rotatable bonds is 6. The first-order chi connectivity index (χ1) is 15.0. The van der Waals surface area contributed by atoms with Crippen LogP contribution in [0.1, 0.15) is 58.8 Å². The molecule has 1 saturated heterocycles. The van der Waals surface area contributed by atoms with Crippen molar-refractivity contribution in [2.24, 2.45) is 11.8 Å². The largest absolute Gasteiger partial charge is 0.496 e. The zero-order valence-electron chi connectivity index (χ0n) is 18.2. The number of hydrogen-bond donors (Lipinski definition) is 2. The molecular formula is C26H30N2O3. The molecule has 5 rings (SSSR count). The second-order valence-electron chi connectivity index (χ2n) is 9.18. The normalized spacial score (nSPS) is 22.0. The fourth-order valence-corrected chi connectivity index (χ4v) is 5.41. The molecule has 162 valence electrons. The van der Waals surface area contributed by atoms with Gasteiger partial charge in [-0.15, -0.1) is 0 Å². The fourth-order valence-electron chi connectivity index (χ4n) is 5.41. The summed E-state index contributed by atoms with van der Waals surface area (Å²) in [6.07, 6.45) is 7.11. The molecule has 1 aliphatic heterocycles. The number of nitrogens with zero attached hydrogens (tertiary/aromatic N) is 1. The number of aromatic amines is 1. The Morgan fingerprint density at radius 2 is 1.94 bits per heavy atom. The number of methoxy groups -OCH3 is 1. The smallest absolute Gasteiger partial charge is 0.335 e. The molecule has 2 aromatic carbocycles. The van der Waals surface area contributed by atoms with Crippen molar-refractivity contribution in [1.29, 1.82) is 0 Å². The quantitative estimate of drug-likeness (QED) is 0.551. The van der Waals surface area contributed by atoms with E-state index in [1.54, 1.807) is 19.2 Å². The number of nitrogens with one attached hydrogen (secondary N) is 1. The number of likely N-dealkylation sites (tertiary alicyclic amines) is 1. The monoisotopic (exact) mass is 418 g/mol. The number of piperidine rings is 1. The van der Waals surface area contributed by atoms with Crippen molar-refractivity contribution in [3.63, 3.8) is 0 Å². The summed E-state index contributed by atoms with van der Waals surface area (Å²) in [7, 11) is 1.75. The summed E-state index contributed by atoms with van der Waals surface area (Å²) in [5.74, 6) is 1.72. The number of hydrogen-bond acceptors (Lipinski definition) is 3. The first kappa shape index (κ1) is 20.1. The number of carboxylic acid groups (broad SMARTS) is 1. The number of benzene rings is 2. The number of fused-ring (bicyclic) bond motifs is 1. The van der Waals surface area contributed by atoms with Crippen molar-refractivity contribution >= 4 is 16.9 Å². The summed E-state index contributed by atoms with van der Waals surface area (Å²) in [4.78, 5) is 17.3. The van der Waals surface area contributed by atoms with E-state index in [1.165, 1.54) is 46.9 Å². The van der Waals surface area contributed by atoms with Crippen molar-refractivity contribution in [2.75, 3.05) is 13.7 Å². The van der Waals surface area contributed by atoms with Crippen LogP contribution in [0.2, 0.25) is 0 Å². The van der Waals surface area contributed by atoms with E-state index in [-0.39, 0.29) is 0 Å². The molecule has 2 N–H and O–H groups in total. The van der Waals surface area contributed by atoms with Crippen molar-refractivity contribution in [3.8, 4) is 5.75 Å². The molecule has 1 saturated carbocycles. The van der Waals surface area contributed by atoms with Gasteiger partial charge >= 0.3 is 5.97 Å². The molecule has 31 heavy (non-hydrogen) atoms. The lowest BCUT2D eigenvalue weighted by molar-refractivity contribution is 0.0696. The van der Waals surface area contributed by atoms with Crippen LogP contribution in [0.15, 0.2) is 42.6 Å². The first-order valence-electron chi connectivity index (χ1n) is 11.3. The SMILES string of the molecule is COc1cc(C)c2[nH]ccc2c1CN1CC[C@@H](C2CC2)C[C@H]1c1ccc(C(=O)O)cc1. The van der Waals surface area contributed by atoms with Crippen LogP contribution >= 0.6 is 0 Å². The standard InChI is InChI=1S/C26H30N2O3/c1-16-13-24(31-2)22(21-9-11-27-25(16)21)15-28-12-10-20(17-3-4-17)14-23(28)18-5-7-19(8-6-18)26(29)30/h5-9,11,13,17,20,23,27H,3-4,10,12,14-15H2,1-2H3,(H,29,30)/t20-,23+/m1/s1. The van der Waals surface area contributed by atoms with Crippen LogP contribution in [-0.4, -0.2) is 34.6 Å². The van der Waals surface area contributed by atoms with Crippen molar-refractivity contribution in [3.05, 3.63) is 64.8 Å². The predicted octanol–water partition coefficient (Wildman–Crippen LogP) is 5.55. The maximum absolute atomic E-state index is 11.3. The maximum atomic E-state index is 11.3. The lowest BCUT2D eigenvalue weighted by atomic mass is 9.83. The minimum absolute atomic E-state index is 0.294. The van der Waals surface area contributed by atoms with Crippen molar-refractivity contribution in [1.82, 2.24) is 9.88 Å². The van der Waals surface area contributed by atoms with Gasteiger partial charge < -0.3 is 14.8 Å². The van der Waals surface area contributed by atoms with E-state index in [2.05, 4.69) is 28.9 Å². The molecule has 0 amide bonds. The molecule has 1 aliphatic carbocycles. The van der Waals surface area contributed by atoms with Crippen LogP contribution in [0.3, 0.4) is 0 Å². The highest BCUT2D eigenvalue weighted by Crippen LogP contribution is 2.47. The Morgan fingerprint density at radius 1 is 1.16 bits per heavy atom. The summed E-state index contributed by atoms with van der Waals surface area (Å²) in [6, 6.07) is 12.1. The van der Waals surface area contributed by atoms with Crippen molar-refractivity contribution < 1.29 is 14.6 Å². The van der Waals surface area contributed by atoms with E-state index in [0.29, 0.717) is 11.6 Å². The third-order valence-electron chi connectivity index (χ3n) is 7.28. The van der Waals surface area contributed by atoms with Gasteiger partial charge in [0.15, 0.2) is 0 Å². The van der Waals surface area contributed by atoms with Gasteiger partial charge in [0.1, 0.15) is 5.75 Å². The molecule has 2 heterocycles. The molecule has 0 unspecified atom stereocenters. The summed E-state index contributed by atoms with van der Waals surface area (Å²) in [5.41, 5.74) is 5.15. The Labute approximate surface area is 183 Å². The highest BCUT2D eigenvalue weighted by atomic mass is 16.5. The van der Waals surface area contributed by atoms with E-state index in [9.17, 15) is 9.90 Å². The molecule has 0 bridgehead atoms. The number of H-pyrrole nitrogens is 1. The average molecular weight is 419 g/mol. The number of ether oxygens (including phenoxy) is 1. The van der Waals surface area contributed by atoms with E-state index in [1.807, 2.05) is 18.3 Å². The van der Waals surface area contributed by atoms with Gasteiger partial charge in [-0.05, 0) is 86.4 Å². The highest BCUT2D eigenvalue weighted by molar-refractivity contribution is 5.88. The Hall–Kier alpha value is -2.79. The van der Waals surface area contributed by atoms with Crippen LogP contribution in [0.4, 0.5) is 0 Å². The van der Waals surface area contributed by atoms with Gasteiger partial charge in [-0.25, -0.2) is 4.79 Å². The van der Waals surface area contributed by atoms with E-state index < -0.39 is 5.97 Å². The molecule has 2 aliphatic rings. The number of aromatic carboxylic acids is 1. The summed E-state index contributed by atoms with van der Waals surface area (Å²) >= 11 is 0. The lowest BCUT2D eigenvalue weighted by Crippen LogP contribution is -2.37. The molecule has 5 nitrogen and oxygen atoms in total. The molecule has 0 radical (unpaired) electrons. The number of aromatic nitrogens is 1. The molecular weight excluding hydrogens is 388 g/mol. The molecule has 1 aromatic heterocycles. The average Bonchev–Trinajstić information content (AvgIpc) is 3.51. The second-order valence-corrected chi connectivity index (χ2v) is 9.18. The summed E-state index contributed by atoms with van der Waals surface area (Å²) in [5, 5.41) is 10.5. The minimum Gasteiger partial charge on any atom is -0.496 e. The Morgan fingerprint density at radius 3 is 2.61 bits per heavy atom. The minimum atomic E-state index is -0.873. The summed E-state index contributed by atoms with van der Waals surface area (Å²) < 4.78 is 5.79. The van der Waals surface area contributed by atoms with Gasteiger partial charge in [0.2, 0.25) is 0 Å². The molecule has 2 fully saturated rings. The number of aryl methyl sites for hydroxylation is 1.